The van der Waals surface area contributed by atoms with Gasteiger partial charge in [-0.15, -0.1) is 0 Å². The Morgan fingerprint density at radius 2 is 0.393 bits per heavy atom. The SMILES string of the molecule is c1ccc(P(C[C@@H]2C[C@H](CP(c3ccccc3)c3ccccc3)[C@H](CP(c3ccccc3)c3ccccc3)[C@@H]2CP(c2ccccc2)c2ccccc2)c2ccccc2)cc1. The van der Waals surface area contributed by atoms with E-state index >= 15 is 0 Å². The highest BCUT2D eigenvalue weighted by Crippen LogP contribution is 2.57. The molecule has 4 atom stereocenters. The van der Waals surface area contributed by atoms with Crippen molar-refractivity contribution >= 4 is 74.1 Å². The molecule has 0 N–H and O–H groups in total. The average Bonchev–Trinajstić information content (AvgIpc) is 3.67. The highest BCUT2D eigenvalue weighted by atomic mass is 31.1. The first-order valence-corrected chi connectivity index (χ1v) is 27.9. The van der Waals surface area contributed by atoms with E-state index in [4.69, 9.17) is 0 Å². The zero-order valence-corrected chi connectivity index (χ0v) is 38.3. The van der Waals surface area contributed by atoms with Crippen LogP contribution in [0.15, 0.2) is 243 Å². The second-order valence-electron chi connectivity index (χ2n) is 16.2. The molecule has 302 valence electrons. The predicted molar refractivity (Wildman–Crippen MR) is 274 cm³/mol. The van der Waals surface area contributed by atoms with E-state index < -0.39 is 31.7 Å². The van der Waals surface area contributed by atoms with Gasteiger partial charge in [-0.25, -0.2) is 0 Å². The van der Waals surface area contributed by atoms with Crippen molar-refractivity contribution in [3.63, 3.8) is 0 Å². The first kappa shape index (κ1) is 41.8. The first-order valence-electron chi connectivity index (χ1n) is 21.8. The summed E-state index contributed by atoms with van der Waals surface area (Å²) in [5.41, 5.74) is 0. The molecule has 0 nitrogen and oxygen atoms in total. The third-order valence-electron chi connectivity index (χ3n) is 12.5. The molecule has 0 radical (unpaired) electrons. The van der Waals surface area contributed by atoms with E-state index in [1.807, 2.05) is 0 Å². The van der Waals surface area contributed by atoms with Crippen LogP contribution in [0.3, 0.4) is 0 Å². The van der Waals surface area contributed by atoms with Crippen LogP contribution in [-0.4, -0.2) is 24.6 Å². The number of hydrogen-bond acceptors (Lipinski definition) is 0. The lowest BCUT2D eigenvalue weighted by Crippen LogP contribution is -2.32. The number of benzene rings is 8. The van der Waals surface area contributed by atoms with Gasteiger partial charge in [0.15, 0.2) is 0 Å². The lowest BCUT2D eigenvalue weighted by molar-refractivity contribution is 0.366. The molecule has 0 aromatic heterocycles. The Bertz CT molecular complexity index is 2140. The smallest absolute Gasteiger partial charge is 0.0195 e. The standard InChI is InChI=1S/C57H54P4/c1-9-25-48(26-10-1)58(49-27-11-2-12-28-49)42-46-41-47(43-59(50-29-13-3-14-30-50)51-31-15-4-16-32-51)57(45-61(54-37-21-7-22-38-54)55-39-23-8-24-40-55)56(46)44-60(52-33-17-5-18-34-52)53-35-19-6-20-36-53/h1-40,46-47,56-57H,41-45H2/t46-,47+,56+,57-. The zero-order valence-electron chi connectivity index (χ0n) is 34.7. The van der Waals surface area contributed by atoms with Crippen LogP contribution in [0.5, 0.6) is 0 Å². The molecule has 0 unspecified atom stereocenters. The minimum absolute atomic E-state index is 0.558. The van der Waals surface area contributed by atoms with Crippen molar-refractivity contribution in [3.05, 3.63) is 243 Å². The van der Waals surface area contributed by atoms with Crippen molar-refractivity contribution in [1.29, 1.82) is 0 Å². The number of rotatable bonds is 16. The average molecular weight is 863 g/mol. The van der Waals surface area contributed by atoms with Gasteiger partial charge in [-0.1, -0.05) is 243 Å². The molecular weight excluding hydrogens is 809 g/mol. The molecule has 0 heterocycles. The normalized spacial score (nSPS) is 17.6. The fourth-order valence-electron chi connectivity index (χ4n) is 9.62. The third-order valence-corrected chi connectivity index (χ3v) is 23.1. The van der Waals surface area contributed by atoms with Crippen LogP contribution in [0, 0.1) is 23.7 Å². The fraction of sp³-hybridized carbons (Fsp3) is 0.158. The maximum absolute atomic E-state index is 2.42. The molecule has 1 fully saturated rings. The summed E-state index contributed by atoms with van der Waals surface area (Å²) in [6, 6.07) is 92.3. The summed E-state index contributed by atoms with van der Waals surface area (Å²) in [6.07, 6.45) is 6.13. The van der Waals surface area contributed by atoms with Gasteiger partial charge in [-0.3, -0.25) is 0 Å². The van der Waals surface area contributed by atoms with Gasteiger partial charge in [-0.05, 0) is 129 Å². The van der Waals surface area contributed by atoms with Gasteiger partial charge >= 0.3 is 0 Å². The minimum atomic E-state index is -0.589. The second-order valence-corrected chi connectivity index (χ2v) is 25.2. The summed E-state index contributed by atoms with van der Waals surface area (Å²) >= 11 is 0. The Kier molecular flexibility index (Phi) is 14.4. The van der Waals surface area contributed by atoms with Crippen LogP contribution < -0.4 is 42.4 Å². The van der Waals surface area contributed by atoms with Crippen molar-refractivity contribution in [1.82, 2.24) is 0 Å². The largest absolute Gasteiger partial charge is 0.0622 e. The van der Waals surface area contributed by atoms with Gasteiger partial charge in [-0.2, -0.15) is 0 Å². The van der Waals surface area contributed by atoms with Crippen molar-refractivity contribution < 1.29 is 0 Å². The Labute approximate surface area is 369 Å². The molecule has 0 amide bonds. The van der Waals surface area contributed by atoms with E-state index in [9.17, 15) is 0 Å². The van der Waals surface area contributed by atoms with Crippen molar-refractivity contribution in [2.24, 2.45) is 23.7 Å². The molecule has 1 saturated carbocycles. The molecular formula is C57H54P4. The van der Waals surface area contributed by atoms with Gasteiger partial charge in [0.2, 0.25) is 0 Å². The van der Waals surface area contributed by atoms with E-state index in [0.717, 1.165) is 0 Å². The van der Waals surface area contributed by atoms with Crippen LogP contribution >= 0.6 is 31.7 Å². The monoisotopic (exact) mass is 862 g/mol. The van der Waals surface area contributed by atoms with E-state index in [-0.39, 0.29) is 0 Å². The quantitative estimate of drug-likeness (QED) is 0.0849. The van der Waals surface area contributed by atoms with Gasteiger partial charge in [0.1, 0.15) is 0 Å². The summed E-state index contributed by atoms with van der Waals surface area (Å²) in [6.45, 7) is 0. The molecule has 0 saturated heterocycles. The van der Waals surface area contributed by atoms with Gasteiger partial charge < -0.3 is 0 Å². The van der Waals surface area contributed by atoms with E-state index in [0.29, 0.717) is 23.7 Å². The fourth-order valence-corrected chi connectivity index (χ4v) is 20.5. The van der Waals surface area contributed by atoms with E-state index in [1.54, 1.807) is 0 Å². The summed E-state index contributed by atoms with van der Waals surface area (Å²) < 4.78 is 0. The molecule has 8 aromatic rings. The van der Waals surface area contributed by atoms with Crippen LogP contribution in [0.25, 0.3) is 0 Å². The molecule has 1 aliphatic carbocycles. The topological polar surface area (TPSA) is 0 Å². The molecule has 0 bridgehead atoms. The first-order chi connectivity index (χ1) is 30.3. The van der Waals surface area contributed by atoms with Gasteiger partial charge in [0.05, 0.1) is 0 Å². The third kappa shape index (κ3) is 10.4. The van der Waals surface area contributed by atoms with Gasteiger partial charge in [0.25, 0.3) is 0 Å². The van der Waals surface area contributed by atoms with E-state index in [1.165, 1.54) is 73.5 Å². The predicted octanol–water partition coefficient (Wildman–Crippen LogP) is 11.4. The van der Waals surface area contributed by atoms with Crippen LogP contribution in [0.2, 0.25) is 0 Å². The highest BCUT2D eigenvalue weighted by molar-refractivity contribution is 7.74. The summed E-state index contributed by atoms with van der Waals surface area (Å²) in [4.78, 5) is 0. The Morgan fingerprint density at radius 3 is 0.574 bits per heavy atom. The van der Waals surface area contributed by atoms with Gasteiger partial charge in [0, 0.05) is 0 Å². The molecule has 0 aliphatic heterocycles. The Morgan fingerprint density at radius 1 is 0.230 bits per heavy atom. The Hall–Kier alpha value is -4.52. The summed E-state index contributed by atoms with van der Waals surface area (Å²) in [5.74, 6) is 2.31. The molecule has 0 spiro atoms. The molecule has 8 aromatic carbocycles. The number of hydrogen-bond donors (Lipinski definition) is 0. The molecule has 4 heteroatoms. The van der Waals surface area contributed by atoms with Crippen molar-refractivity contribution in [2.45, 2.75) is 6.42 Å². The van der Waals surface area contributed by atoms with E-state index in [2.05, 4.69) is 243 Å². The second kappa shape index (κ2) is 21.0. The molecule has 1 aliphatic rings. The molecule has 61 heavy (non-hydrogen) atoms. The maximum Gasteiger partial charge on any atom is -0.0195 e. The minimum Gasteiger partial charge on any atom is -0.0622 e. The lowest BCUT2D eigenvalue weighted by Gasteiger charge is -2.35. The zero-order chi connectivity index (χ0) is 41.1. The maximum atomic E-state index is 2.42. The summed E-state index contributed by atoms with van der Waals surface area (Å²) in [7, 11) is -2.30. The van der Waals surface area contributed by atoms with Crippen LogP contribution in [0.4, 0.5) is 0 Å². The Balaban J connectivity index is 1.21. The highest BCUT2D eigenvalue weighted by Gasteiger charge is 2.46. The van der Waals surface area contributed by atoms with Crippen molar-refractivity contribution in [3.8, 4) is 0 Å². The van der Waals surface area contributed by atoms with Crippen LogP contribution in [0.1, 0.15) is 6.42 Å². The summed E-state index contributed by atoms with van der Waals surface area (Å²) in [5, 5.41) is 12.0. The van der Waals surface area contributed by atoms with Crippen molar-refractivity contribution in [2.75, 3.05) is 24.6 Å². The lowest BCUT2D eigenvalue weighted by atomic mass is 9.91. The van der Waals surface area contributed by atoms with Crippen LogP contribution in [-0.2, 0) is 0 Å². The molecule has 9 rings (SSSR count).